The van der Waals surface area contributed by atoms with Crippen LogP contribution in [-0.2, 0) is 13.2 Å². The van der Waals surface area contributed by atoms with Crippen LogP contribution in [0.1, 0.15) is 30.8 Å². The van der Waals surface area contributed by atoms with E-state index in [9.17, 15) is 0 Å². The molecule has 0 aliphatic carbocycles. The summed E-state index contributed by atoms with van der Waals surface area (Å²) in [6.07, 6.45) is 2.82. The van der Waals surface area contributed by atoms with E-state index in [1.54, 1.807) is 13.1 Å². The van der Waals surface area contributed by atoms with Crippen molar-refractivity contribution >= 4 is 0 Å². The lowest BCUT2D eigenvalue weighted by Crippen LogP contribution is -2.14. The Labute approximate surface area is 112 Å². The van der Waals surface area contributed by atoms with Crippen LogP contribution in [0.4, 0.5) is 0 Å². The molecule has 0 radical (unpaired) electrons. The predicted molar refractivity (Wildman–Crippen MR) is 69.6 cm³/mol. The lowest BCUT2D eigenvalue weighted by Gasteiger charge is -2.05. The van der Waals surface area contributed by atoms with Gasteiger partial charge in [-0.05, 0) is 25.1 Å². The number of nitrogens with zero attached hydrogens (tertiary/aromatic N) is 3. The summed E-state index contributed by atoms with van der Waals surface area (Å²) < 4.78 is 10.4. The van der Waals surface area contributed by atoms with Crippen LogP contribution in [0.2, 0.25) is 0 Å². The van der Waals surface area contributed by atoms with Gasteiger partial charge >= 0.3 is 0 Å². The molecule has 0 aliphatic rings. The largest absolute Gasteiger partial charge is 0.484 e. The quantitative estimate of drug-likeness (QED) is 0.768. The summed E-state index contributed by atoms with van der Waals surface area (Å²) in [6.45, 7) is 5.94. The lowest BCUT2D eigenvalue weighted by atomic mass is 10.3. The van der Waals surface area contributed by atoms with Crippen LogP contribution in [0.25, 0.3) is 0 Å². The molecule has 2 aromatic rings. The molecular formula is C13H18N4O2. The van der Waals surface area contributed by atoms with Gasteiger partial charge in [0.05, 0.1) is 11.9 Å². The zero-order valence-electron chi connectivity index (χ0n) is 11.2. The molecule has 1 N–H and O–H groups in total. The minimum Gasteiger partial charge on any atom is -0.484 e. The number of rotatable bonds is 7. The Hall–Kier alpha value is -1.95. The molecule has 102 valence electrons. The number of ether oxygens (including phenoxy) is 1. The first-order chi connectivity index (χ1) is 9.28. The first-order valence-corrected chi connectivity index (χ1v) is 6.35. The third-order valence-corrected chi connectivity index (χ3v) is 2.47. The van der Waals surface area contributed by atoms with Gasteiger partial charge in [-0.25, -0.2) is 0 Å². The van der Waals surface area contributed by atoms with Crippen molar-refractivity contribution in [2.75, 3.05) is 6.54 Å². The number of aromatic nitrogens is 3. The third kappa shape index (κ3) is 4.33. The summed E-state index contributed by atoms with van der Waals surface area (Å²) in [7, 11) is 0. The van der Waals surface area contributed by atoms with E-state index in [1.807, 2.05) is 12.1 Å². The Morgan fingerprint density at radius 2 is 2.26 bits per heavy atom. The topological polar surface area (TPSA) is 73.1 Å². The second-order valence-electron chi connectivity index (χ2n) is 4.18. The van der Waals surface area contributed by atoms with Gasteiger partial charge in [-0.1, -0.05) is 12.1 Å². The van der Waals surface area contributed by atoms with E-state index >= 15 is 0 Å². The highest BCUT2D eigenvalue weighted by atomic mass is 16.5. The second kappa shape index (κ2) is 6.84. The summed E-state index contributed by atoms with van der Waals surface area (Å²) in [6, 6.07) is 3.84. The van der Waals surface area contributed by atoms with Gasteiger partial charge in [0.1, 0.15) is 5.75 Å². The van der Waals surface area contributed by atoms with Crippen molar-refractivity contribution in [2.45, 2.75) is 33.4 Å². The van der Waals surface area contributed by atoms with Crippen molar-refractivity contribution in [3.05, 3.63) is 35.7 Å². The fourth-order valence-electron chi connectivity index (χ4n) is 1.54. The average molecular weight is 262 g/mol. The van der Waals surface area contributed by atoms with Crippen molar-refractivity contribution in [1.82, 2.24) is 20.4 Å². The van der Waals surface area contributed by atoms with Gasteiger partial charge < -0.3 is 14.6 Å². The van der Waals surface area contributed by atoms with E-state index < -0.39 is 0 Å². The summed E-state index contributed by atoms with van der Waals surface area (Å²) in [4.78, 5) is 8.38. The molecule has 2 aromatic heterocycles. The van der Waals surface area contributed by atoms with Crippen molar-refractivity contribution in [3.8, 4) is 5.75 Å². The molecule has 0 spiro atoms. The second-order valence-corrected chi connectivity index (χ2v) is 4.18. The maximum absolute atomic E-state index is 5.52. The molecule has 6 nitrogen and oxygen atoms in total. The Kier molecular flexibility index (Phi) is 4.85. The van der Waals surface area contributed by atoms with Crippen LogP contribution >= 0.6 is 0 Å². The smallest absolute Gasteiger partial charge is 0.223 e. The fraction of sp³-hybridized carbons (Fsp3) is 0.462. The van der Waals surface area contributed by atoms with Gasteiger partial charge in [-0.3, -0.25) is 4.98 Å². The predicted octanol–water partition coefficient (Wildman–Crippen LogP) is 1.85. The summed E-state index contributed by atoms with van der Waals surface area (Å²) in [5, 5.41) is 7.05. The van der Waals surface area contributed by atoms with E-state index in [0.717, 1.165) is 25.2 Å². The highest BCUT2D eigenvalue weighted by Gasteiger charge is 2.03. The molecule has 6 heteroatoms. The minimum absolute atomic E-state index is 0.284. The van der Waals surface area contributed by atoms with Crippen molar-refractivity contribution < 1.29 is 9.26 Å². The van der Waals surface area contributed by atoms with E-state index in [0.29, 0.717) is 17.5 Å². The molecule has 0 fully saturated rings. The van der Waals surface area contributed by atoms with Gasteiger partial charge in [0.25, 0.3) is 0 Å². The number of aryl methyl sites for hydroxylation is 1. The Balaban J connectivity index is 1.81. The molecular weight excluding hydrogens is 244 g/mol. The van der Waals surface area contributed by atoms with E-state index in [2.05, 4.69) is 27.4 Å². The molecule has 0 unspecified atom stereocenters. The molecule has 19 heavy (non-hydrogen) atoms. The lowest BCUT2D eigenvalue weighted by molar-refractivity contribution is 0.284. The van der Waals surface area contributed by atoms with Crippen molar-refractivity contribution in [2.24, 2.45) is 0 Å². The first-order valence-electron chi connectivity index (χ1n) is 6.35. The third-order valence-electron chi connectivity index (χ3n) is 2.47. The fourth-order valence-corrected chi connectivity index (χ4v) is 1.54. The minimum atomic E-state index is 0.284. The normalized spacial score (nSPS) is 10.6. The van der Waals surface area contributed by atoms with Crippen LogP contribution in [-0.4, -0.2) is 21.7 Å². The number of hydrogen-bond acceptors (Lipinski definition) is 6. The maximum Gasteiger partial charge on any atom is 0.223 e. The van der Waals surface area contributed by atoms with Crippen molar-refractivity contribution in [1.29, 1.82) is 0 Å². The zero-order valence-corrected chi connectivity index (χ0v) is 11.2. The van der Waals surface area contributed by atoms with Crippen LogP contribution in [0.15, 0.2) is 22.9 Å². The highest BCUT2D eigenvalue weighted by molar-refractivity contribution is 5.19. The molecule has 0 saturated heterocycles. The molecule has 0 saturated carbocycles. The molecule has 0 aromatic carbocycles. The first kappa shape index (κ1) is 13.5. The van der Waals surface area contributed by atoms with Gasteiger partial charge in [0.2, 0.25) is 11.7 Å². The van der Waals surface area contributed by atoms with Crippen LogP contribution in [0, 0.1) is 6.92 Å². The Morgan fingerprint density at radius 3 is 2.89 bits per heavy atom. The maximum atomic E-state index is 5.52. The van der Waals surface area contributed by atoms with Crippen LogP contribution < -0.4 is 10.1 Å². The summed E-state index contributed by atoms with van der Waals surface area (Å²) in [5.74, 6) is 1.77. The highest BCUT2D eigenvalue weighted by Crippen LogP contribution is 2.11. The van der Waals surface area contributed by atoms with E-state index in [-0.39, 0.29) is 6.61 Å². The summed E-state index contributed by atoms with van der Waals surface area (Å²) >= 11 is 0. The number of pyridine rings is 1. The SMILES string of the molecule is CCCNCc1ccc(OCc2noc(C)n2)cn1. The van der Waals surface area contributed by atoms with Crippen LogP contribution in [0.5, 0.6) is 5.75 Å². The van der Waals surface area contributed by atoms with Gasteiger partial charge in [0.15, 0.2) is 6.61 Å². The van der Waals surface area contributed by atoms with Crippen LogP contribution in [0.3, 0.4) is 0 Å². The molecule has 2 heterocycles. The van der Waals surface area contributed by atoms with Gasteiger partial charge in [0, 0.05) is 13.5 Å². The Bertz CT molecular complexity index is 496. The molecule has 0 amide bonds. The standard InChI is InChI=1S/C13H18N4O2/c1-3-6-14-7-11-4-5-12(8-15-11)18-9-13-16-10(2)19-17-13/h4-5,8,14H,3,6-7,9H2,1-2H3. The number of hydrogen-bond donors (Lipinski definition) is 1. The van der Waals surface area contributed by atoms with E-state index in [1.165, 1.54) is 0 Å². The van der Waals surface area contributed by atoms with Gasteiger partial charge in [-0.2, -0.15) is 4.98 Å². The van der Waals surface area contributed by atoms with E-state index in [4.69, 9.17) is 9.26 Å². The summed E-state index contributed by atoms with van der Waals surface area (Å²) in [5.41, 5.74) is 0.996. The van der Waals surface area contributed by atoms with Gasteiger partial charge in [-0.15, -0.1) is 0 Å². The molecule has 0 bridgehead atoms. The molecule has 0 atom stereocenters. The average Bonchev–Trinajstić information content (AvgIpc) is 2.84. The Morgan fingerprint density at radius 1 is 1.37 bits per heavy atom. The monoisotopic (exact) mass is 262 g/mol. The van der Waals surface area contributed by atoms with Crippen molar-refractivity contribution in [3.63, 3.8) is 0 Å². The molecule has 2 rings (SSSR count). The molecule has 0 aliphatic heterocycles. The zero-order chi connectivity index (χ0) is 13.5. The number of nitrogens with one attached hydrogen (secondary N) is 1.